The summed E-state index contributed by atoms with van der Waals surface area (Å²) in [5, 5.41) is 0. The molecule has 36 heavy (non-hydrogen) atoms. The first-order chi connectivity index (χ1) is 17.5. The number of ether oxygens (including phenoxy) is 1. The number of hydrogen-bond acceptors (Lipinski definition) is 5. The van der Waals surface area contributed by atoms with E-state index in [9.17, 15) is 4.79 Å². The molecule has 0 N–H and O–H groups in total. The monoisotopic (exact) mass is 481 g/mol. The summed E-state index contributed by atoms with van der Waals surface area (Å²) in [6.07, 6.45) is 1.70. The molecule has 1 saturated heterocycles. The number of aromatic nitrogens is 1. The van der Waals surface area contributed by atoms with Gasteiger partial charge >= 0.3 is 0 Å². The molecule has 1 aliphatic heterocycles. The van der Waals surface area contributed by atoms with E-state index in [2.05, 4.69) is 41.9 Å². The number of carbonyl (C=O) groups is 1. The third-order valence-corrected chi connectivity index (χ3v) is 6.83. The largest absolute Gasteiger partial charge is 0.494 e. The van der Waals surface area contributed by atoms with Gasteiger partial charge in [0, 0.05) is 43.0 Å². The van der Waals surface area contributed by atoms with E-state index in [4.69, 9.17) is 9.15 Å². The number of carbonyl (C=O) groups excluding carboxylic acids is 1. The summed E-state index contributed by atoms with van der Waals surface area (Å²) in [4.78, 5) is 22.4. The van der Waals surface area contributed by atoms with Crippen molar-refractivity contribution in [1.29, 1.82) is 0 Å². The molecule has 0 aliphatic carbocycles. The fourth-order valence-electron chi connectivity index (χ4n) is 4.67. The highest BCUT2D eigenvalue weighted by Crippen LogP contribution is 2.30. The molecule has 0 atom stereocenters. The van der Waals surface area contributed by atoms with Crippen molar-refractivity contribution in [2.45, 2.75) is 20.8 Å². The topological polar surface area (TPSA) is 58.8 Å². The van der Waals surface area contributed by atoms with Gasteiger partial charge in [-0.15, -0.1) is 0 Å². The van der Waals surface area contributed by atoms with Crippen LogP contribution in [0.4, 0.5) is 5.69 Å². The molecule has 4 aromatic rings. The maximum absolute atomic E-state index is 13.6. The molecule has 2 heterocycles. The Morgan fingerprint density at radius 3 is 2.44 bits per heavy atom. The maximum atomic E-state index is 13.6. The third-order valence-electron chi connectivity index (χ3n) is 6.83. The summed E-state index contributed by atoms with van der Waals surface area (Å²) in [7, 11) is 0. The molecule has 6 nitrogen and oxygen atoms in total. The van der Waals surface area contributed by atoms with Crippen molar-refractivity contribution < 1.29 is 13.9 Å². The van der Waals surface area contributed by atoms with Crippen LogP contribution in [0.25, 0.3) is 22.8 Å². The van der Waals surface area contributed by atoms with Crippen molar-refractivity contribution in [3.63, 3.8) is 0 Å². The third kappa shape index (κ3) is 4.71. The van der Waals surface area contributed by atoms with Gasteiger partial charge in [0.1, 0.15) is 5.75 Å². The van der Waals surface area contributed by atoms with E-state index in [0.717, 1.165) is 24.4 Å². The summed E-state index contributed by atoms with van der Waals surface area (Å²) in [6, 6.07) is 21.7. The summed E-state index contributed by atoms with van der Waals surface area (Å²) in [5.74, 6) is 1.91. The molecule has 0 radical (unpaired) electrons. The Labute approximate surface area is 212 Å². The molecule has 1 amide bonds. The maximum Gasteiger partial charge on any atom is 0.254 e. The molecule has 184 valence electrons. The highest BCUT2D eigenvalue weighted by Gasteiger charge is 2.26. The number of hydrogen-bond donors (Lipinski definition) is 0. The average molecular weight is 482 g/mol. The number of aryl methyl sites for hydroxylation is 1. The molecule has 5 rings (SSSR count). The second-order valence-electron chi connectivity index (χ2n) is 9.03. The number of oxazole rings is 1. The normalized spacial score (nSPS) is 13.6. The lowest BCUT2D eigenvalue weighted by Gasteiger charge is -2.37. The number of amides is 1. The Balaban J connectivity index is 1.32. The van der Waals surface area contributed by atoms with Gasteiger partial charge in [0.15, 0.2) is 5.76 Å². The smallest absolute Gasteiger partial charge is 0.254 e. The van der Waals surface area contributed by atoms with Crippen molar-refractivity contribution in [2.24, 2.45) is 0 Å². The Hall–Kier alpha value is -4.06. The predicted molar refractivity (Wildman–Crippen MR) is 143 cm³/mol. The van der Waals surface area contributed by atoms with Gasteiger partial charge < -0.3 is 19.0 Å². The molecular formula is C30H31N3O3. The minimum absolute atomic E-state index is 0.00651. The SMILES string of the molecule is CCOc1ccc(-c2cnc(-c3ccccc3C(=O)N3CCN(c4cccc(C)c4C)CC3)o2)cc1. The van der Waals surface area contributed by atoms with Crippen molar-refractivity contribution in [3.05, 3.63) is 89.6 Å². The van der Waals surface area contributed by atoms with Gasteiger partial charge in [-0.1, -0.05) is 24.3 Å². The first-order valence-electron chi connectivity index (χ1n) is 12.4. The second kappa shape index (κ2) is 10.3. The van der Waals surface area contributed by atoms with Crippen molar-refractivity contribution in [3.8, 4) is 28.5 Å². The van der Waals surface area contributed by atoms with Crippen molar-refractivity contribution in [1.82, 2.24) is 9.88 Å². The van der Waals surface area contributed by atoms with Gasteiger partial charge in [0.05, 0.1) is 18.4 Å². The minimum Gasteiger partial charge on any atom is -0.494 e. The molecule has 0 spiro atoms. The zero-order chi connectivity index (χ0) is 25.1. The number of anilines is 1. The Morgan fingerprint density at radius 2 is 1.69 bits per heavy atom. The van der Waals surface area contributed by atoms with Crippen LogP contribution in [0, 0.1) is 13.8 Å². The summed E-state index contributed by atoms with van der Waals surface area (Å²) >= 11 is 0. The first-order valence-corrected chi connectivity index (χ1v) is 12.4. The Bertz CT molecular complexity index is 1350. The van der Waals surface area contributed by atoms with Crippen LogP contribution in [-0.4, -0.2) is 48.6 Å². The molecule has 3 aromatic carbocycles. The van der Waals surface area contributed by atoms with Gasteiger partial charge in [-0.05, 0) is 74.4 Å². The van der Waals surface area contributed by atoms with E-state index in [1.807, 2.05) is 60.4 Å². The zero-order valence-corrected chi connectivity index (χ0v) is 21.0. The van der Waals surface area contributed by atoms with Crippen LogP contribution < -0.4 is 9.64 Å². The summed E-state index contributed by atoms with van der Waals surface area (Å²) < 4.78 is 11.6. The lowest BCUT2D eigenvalue weighted by molar-refractivity contribution is 0.0747. The summed E-state index contributed by atoms with van der Waals surface area (Å²) in [6.45, 7) is 9.83. The molecule has 1 aliphatic rings. The Morgan fingerprint density at radius 1 is 0.944 bits per heavy atom. The van der Waals surface area contributed by atoms with Crippen LogP contribution in [0.15, 0.2) is 77.3 Å². The van der Waals surface area contributed by atoms with Gasteiger partial charge in [-0.2, -0.15) is 0 Å². The number of benzene rings is 3. The molecule has 0 unspecified atom stereocenters. The van der Waals surface area contributed by atoms with E-state index in [-0.39, 0.29) is 5.91 Å². The van der Waals surface area contributed by atoms with Crippen LogP contribution in [0.3, 0.4) is 0 Å². The van der Waals surface area contributed by atoms with Crippen LogP contribution in [0.1, 0.15) is 28.4 Å². The standard InChI is InChI=1S/C30H31N3O3/c1-4-35-24-14-12-23(13-15-24)28-20-31-29(36-28)25-9-5-6-10-26(25)30(34)33-18-16-32(17-19-33)27-11-7-8-21(2)22(27)3/h5-15,20H,4,16-19H2,1-3H3. The van der Waals surface area contributed by atoms with Gasteiger partial charge in [0.2, 0.25) is 5.89 Å². The van der Waals surface area contributed by atoms with E-state index in [0.29, 0.717) is 42.5 Å². The molecular weight excluding hydrogens is 450 g/mol. The lowest BCUT2D eigenvalue weighted by Crippen LogP contribution is -2.49. The number of rotatable bonds is 6. The highest BCUT2D eigenvalue weighted by atomic mass is 16.5. The molecule has 1 aromatic heterocycles. The fraction of sp³-hybridized carbons (Fsp3) is 0.267. The van der Waals surface area contributed by atoms with Gasteiger partial charge in [-0.3, -0.25) is 4.79 Å². The minimum atomic E-state index is 0.00651. The van der Waals surface area contributed by atoms with Crippen LogP contribution in [0.2, 0.25) is 0 Å². The van der Waals surface area contributed by atoms with E-state index in [1.165, 1.54) is 16.8 Å². The first kappa shape index (κ1) is 23.7. The van der Waals surface area contributed by atoms with E-state index in [1.54, 1.807) is 6.20 Å². The van der Waals surface area contributed by atoms with Crippen LogP contribution in [-0.2, 0) is 0 Å². The zero-order valence-electron chi connectivity index (χ0n) is 21.0. The lowest BCUT2D eigenvalue weighted by atomic mass is 10.0. The van der Waals surface area contributed by atoms with E-state index < -0.39 is 0 Å². The highest BCUT2D eigenvalue weighted by molar-refractivity contribution is 6.00. The molecule has 1 fully saturated rings. The van der Waals surface area contributed by atoms with E-state index >= 15 is 0 Å². The predicted octanol–water partition coefficient (Wildman–Crippen LogP) is 5.99. The van der Waals surface area contributed by atoms with Crippen molar-refractivity contribution >= 4 is 11.6 Å². The Kier molecular flexibility index (Phi) is 6.76. The van der Waals surface area contributed by atoms with Gasteiger partial charge in [-0.25, -0.2) is 4.98 Å². The van der Waals surface area contributed by atoms with Crippen LogP contribution in [0.5, 0.6) is 5.75 Å². The fourth-order valence-corrected chi connectivity index (χ4v) is 4.67. The van der Waals surface area contributed by atoms with Crippen molar-refractivity contribution in [2.75, 3.05) is 37.7 Å². The quantitative estimate of drug-likeness (QED) is 0.339. The van der Waals surface area contributed by atoms with Gasteiger partial charge in [0.25, 0.3) is 5.91 Å². The second-order valence-corrected chi connectivity index (χ2v) is 9.03. The van der Waals surface area contributed by atoms with Crippen LogP contribution >= 0.6 is 0 Å². The molecule has 0 saturated carbocycles. The molecule has 0 bridgehead atoms. The molecule has 6 heteroatoms. The number of nitrogens with zero attached hydrogens (tertiary/aromatic N) is 3. The number of piperazine rings is 1. The summed E-state index contributed by atoms with van der Waals surface area (Å²) in [5.41, 5.74) is 6.06. The average Bonchev–Trinajstić information content (AvgIpc) is 3.41.